The van der Waals surface area contributed by atoms with Crippen molar-refractivity contribution in [2.75, 3.05) is 7.11 Å². The zero-order valence-electron chi connectivity index (χ0n) is 8.57. The zero-order valence-corrected chi connectivity index (χ0v) is 8.57. The van der Waals surface area contributed by atoms with Gasteiger partial charge in [0.05, 0.1) is 0 Å². The van der Waals surface area contributed by atoms with Crippen molar-refractivity contribution in [1.82, 2.24) is 0 Å². The van der Waals surface area contributed by atoms with Crippen LogP contribution in [0.4, 0.5) is 0 Å². The van der Waals surface area contributed by atoms with Crippen LogP contribution in [-0.4, -0.2) is 18.2 Å². The second kappa shape index (κ2) is 4.24. The molecule has 0 saturated heterocycles. The third-order valence-electron chi connectivity index (χ3n) is 2.17. The third-order valence-corrected chi connectivity index (χ3v) is 2.17. The highest BCUT2D eigenvalue weighted by Crippen LogP contribution is 2.21. The summed E-state index contributed by atoms with van der Waals surface area (Å²) in [5.41, 5.74) is 2.77. The molecule has 0 saturated carbocycles. The van der Waals surface area contributed by atoms with Crippen LogP contribution in [-0.2, 0) is 9.53 Å². The van der Waals surface area contributed by atoms with E-state index >= 15 is 0 Å². The van der Waals surface area contributed by atoms with Gasteiger partial charge >= 0.3 is 5.97 Å². The summed E-state index contributed by atoms with van der Waals surface area (Å²) in [5.74, 6) is -0.959. The normalized spacial score (nSPS) is 12.5. The van der Waals surface area contributed by atoms with Gasteiger partial charge in [-0.2, -0.15) is 0 Å². The molecule has 0 aromatic heterocycles. The summed E-state index contributed by atoms with van der Waals surface area (Å²) in [5, 5.41) is 8.90. The van der Waals surface area contributed by atoms with Crippen LogP contribution >= 0.6 is 0 Å². The molecule has 1 unspecified atom stereocenters. The van der Waals surface area contributed by atoms with Crippen LogP contribution in [0.2, 0.25) is 0 Å². The number of ether oxygens (including phenoxy) is 1. The monoisotopic (exact) mass is 194 g/mol. The molecule has 1 rings (SSSR count). The summed E-state index contributed by atoms with van der Waals surface area (Å²) in [6.45, 7) is 3.86. The smallest absolute Gasteiger partial charge is 0.337 e. The van der Waals surface area contributed by atoms with Crippen molar-refractivity contribution < 1.29 is 14.6 Å². The predicted octanol–water partition coefficient (Wildman–Crippen LogP) is 2.08. The lowest BCUT2D eigenvalue weighted by molar-refractivity contribution is -0.148. The highest BCUT2D eigenvalue weighted by Gasteiger charge is 2.20. The highest BCUT2D eigenvalue weighted by atomic mass is 16.5. The third kappa shape index (κ3) is 2.12. The van der Waals surface area contributed by atoms with Gasteiger partial charge in [-0.15, -0.1) is 0 Å². The maximum Gasteiger partial charge on any atom is 0.337 e. The lowest BCUT2D eigenvalue weighted by Crippen LogP contribution is -2.14. The van der Waals surface area contributed by atoms with Crippen molar-refractivity contribution in [2.24, 2.45) is 0 Å². The Morgan fingerprint density at radius 2 is 2.07 bits per heavy atom. The number of hydrogen-bond donors (Lipinski definition) is 1. The largest absolute Gasteiger partial charge is 0.479 e. The van der Waals surface area contributed by atoms with Gasteiger partial charge < -0.3 is 9.84 Å². The van der Waals surface area contributed by atoms with E-state index in [2.05, 4.69) is 0 Å². The number of hydrogen-bond acceptors (Lipinski definition) is 2. The van der Waals surface area contributed by atoms with E-state index in [1.165, 1.54) is 7.11 Å². The van der Waals surface area contributed by atoms with E-state index in [9.17, 15) is 4.79 Å². The summed E-state index contributed by atoms with van der Waals surface area (Å²) in [6, 6.07) is 5.63. The summed E-state index contributed by atoms with van der Waals surface area (Å²) >= 11 is 0. The van der Waals surface area contributed by atoms with Crippen molar-refractivity contribution in [2.45, 2.75) is 20.0 Å². The summed E-state index contributed by atoms with van der Waals surface area (Å²) < 4.78 is 4.92. The molecule has 0 bridgehead atoms. The molecule has 0 fully saturated rings. The Morgan fingerprint density at radius 1 is 1.43 bits per heavy atom. The summed E-state index contributed by atoms with van der Waals surface area (Å²) in [6.07, 6.45) is -0.865. The Bertz CT molecular complexity index is 344. The van der Waals surface area contributed by atoms with Crippen LogP contribution in [0.25, 0.3) is 0 Å². The molecule has 0 aliphatic rings. The van der Waals surface area contributed by atoms with E-state index in [0.717, 1.165) is 11.1 Å². The molecular weight excluding hydrogens is 180 g/mol. The number of carboxylic acid groups (broad SMARTS) is 1. The number of benzene rings is 1. The van der Waals surface area contributed by atoms with Crippen LogP contribution in [0.1, 0.15) is 22.8 Å². The van der Waals surface area contributed by atoms with E-state index in [1.54, 1.807) is 6.07 Å². The van der Waals surface area contributed by atoms with Crippen molar-refractivity contribution in [3.05, 3.63) is 34.9 Å². The Hall–Kier alpha value is -1.35. The molecule has 3 heteroatoms. The van der Waals surface area contributed by atoms with Crippen molar-refractivity contribution in [1.29, 1.82) is 0 Å². The SMILES string of the molecule is COC(C(=O)O)c1ccc(C)cc1C. The number of carbonyl (C=O) groups is 1. The maximum atomic E-state index is 10.8. The minimum Gasteiger partial charge on any atom is -0.479 e. The number of aryl methyl sites for hydroxylation is 2. The van der Waals surface area contributed by atoms with Gasteiger partial charge in [-0.3, -0.25) is 0 Å². The van der Waals surface area contributed by atoms with Gasteiger partial charge in [-0.1, -0.05) is 23.8 Å². The van der Waals surface area contributed by atoms with Gasteiger partial charge in [-0.25, -0.2) is 4.79 Å². The standard InChI is InChI=1S/C11H14O3/c1-7-4-5-9(8(2)6-7)10(14-3)11(12)13/h4-6,10H,1-3H3,(H,12,13). The summed E-state index contributed by atoms with van der Waals surface area (Å²) in [4.78, 5) is 10.8. The molecule has 1 aromatic rings. The molecule has 0 aliphatic heterocycles. The van der Waals surface area contributed by atoms with Crippen LogP contribution < -0.4 is 0 Å². The summed E-state index contributed by atoms with van der Waals surface area (Å²) in [7, 11) is 1.40. The second-order valence-electron chi connectivity index (χ2n) is 3.31. The van der Waals surface area contributed by atoms with Gasteiger partial charge in [0.15, 0.2) is 6.10 Å². The molecule has 3 nitrogen and oxygen atoms in total. The number of carboxylic acids is 1. The van der Waals surface area contributed by atoms with E-state index in [0.29, 0.717) is 5.56 Å². The maximum absolute atomic E-state index is 10.8. The van der Waals surface area contributed by atoms with Crippen molar-refractivity contribution in [3.63, 3.8) is 0 Å². The van der Waals surface area contributed by atoms with Crippen molar-refractivity contribution >= 4 is 5.97 Å². The first kappa shape index (κ1) is 10.7. The fraction of sp³-hybridized carbons (Fsp3) is 0.364. The average Bonchev–Trinajstić information content (AvgIpc) is 2.09. The Kier molecular flexibility index (Phi) is 3.25. The fourth-order valence-corrected chi connectivity index (χ4v) is 1.48. The molecule has 0 aliphatic carbocycles. The quantitative estimate of drug-likeness (QED) is 0.801. The fourth-order valence-electron chi connectivity index (χ4n) is 1.48. The van der Waals surface area contributed by atoms with Gasteiger partial charge in [0, 0.05) is 7.11 Å². The molecule has 0 amide bonds. The zero-order chi connectivity index (χ0) is 10.7. The van der Waals surface area contributed by atoms with Gasteiger partial charge in [-0.05, 0) is 25.0 Å². The molecule has 0 spiro atoms. The first-order chi connectivity index (χ1) is 6.56. The van der Waals surface area contributed by atoms with E-state index < -0.39 is 12.1 Å². The molecule has 1 N–H and O–H groups in total. The number of methoxy groups -OCH3 is 1. The predicted molar refractivity (Wildman–Crippen MR) is 53.3 cm³/mol. The lowest BCUT2D eigenvalue weighted by atomic mass is 10.0. The van der Waals surface area contributed by atoms with Crippen LogP contribution in [0.5, 0.6) is 0 Å². The molecular formula is C11H14O3. The van der Waals surface area contributed by atoms with Crippen LogP contribution in [0.15, 0.2) is 18.2 Å². The van der Waals surface area contributed by atoms with Gasteiger partial charge in [0.1, 0.15) is 0 Å². The first-order valence-electron chi connectivity index (χ1n) is 4.39. The van der Waals surface area contributed by atoms with Crippen LogP contribution in [0.3, 0.4) is 0 Å². The molecule has 1 aromatic carbocycles. The lowest BCUT2D eigenvalue weighted by Gasteiger charge is -2.13. The second-order valence-corrected chi connectivity index (χ2v) is 3.31. The van der Waals surface area contributed by atoms with Crippen LogP contribution in [0, 0.1) is 13.8 Å². The van der Waals surface area contributed by atoms with E-state index in [-0.39, 0.29) is 0 Å². The van der Waals surface area contributed by atoms with E-state index in [1.807, 2.05) is 26.0 Å². The molecule has 0 radical (unpaired) electrons. The van der Waals surface area contributed by atoms with Crippen molar-refractivity contribution in [3.8, 4) is 0 Å². The van der Waals surface area contributed by atoms with E-state index in [4.69, 9.17) is 9.84 Å². The molecule has 1 atom stereocenters. The van der Waals surface area contributed by atoms with Gasteiger partial charge in [0.2, 0.25) is 0 Å². The Labute approximate surface area is 83.3 Å². The minimum absolute atomic E-state index is 0.714. The average molecular weight is 194 g/mol. The minimum atomic E-state index is -0.959. The highest BCUT2D eigenvalue weighted by molar-refractivity contribution is 5.75. The number of aliphatic carboxylic acids is 1. The van der Waals surface area contributed by atoms with Gasteiger partial charge in [0.25, 0.3) is 0 Å². The number of rotatable bonds is 3. The Morgan fingerprint density at radius 3 is 2.50 bits per heavy atom. The molecule has 0 heterocycles. The molecule has 14 heavy (non-hydrogen) atoms. The Balaban J connectivity index is 3.10. The first-order valence-corrected chi connectivity index (χ1v) is 4.39. The topological polar surface area (TPSA) is 46.5 Å². The molecule has 76 valence electrons.